The molecular formula is C14H17BrMgO. The molecule has 0 unspecified atom stereocenters. The Bertz CT molecular complexity index is 451. The minimum atomic E-state index is 0. The van der Waals surface area contributed by atoms with Crippen molar-refractivity contribution in [3.8, 4) is 0 Å². The molecule has 0 N–H and O–H groups in total. The first-order valence-corrected chi connectivity index (χ1v) is 6.38. The SMILES string of the molecule is Brc1cccc2ccccc12.C1CCOC1.[H-].[H-].[Mg+2]. The average Bonchev–Trinajstić information content (AvgIpc) is 2.88. The summed E-state index contributed by atoms with van der Waals surface area (Å²) in [7, 11) is 0. The van der Waals surface area contributed by atoms with E-state index < -0.39 is 0 Å². The van der Waals surface area contributed by atoms with Crippen molar-refractivity contribution in [3.63, 3.8) is 0 Å². The maximum absolute atomic E-state index is 4.94. The zero-order chi connectivity index (χ0) is 11.2. The molecule has 0 aliphatic carbocycles. The number of ether oxygens (including phenoxy) is 1. The Labute approximate surface area is 130 Å². The average molecular weight is 305 g/mol. The smallest absolute Gasteiger partial charge is 1.00 e. The van der Waals surface area contributed by atoms with Gasteiger partial charge in [0.1, 0.15) is 0 Å². The Morgan fingerprint density at radius 3 is 2.18 bits per heavy atom. The van der Waals surface area contributed by atoms with Gasteiger partial charge in [0.25, 0.3) is 0 Å². The number of benzene rings is 2. The topological polar surface area (TPSA) is 9.23 Å². The van der Waals surface area contributed by atoms with Crippen LogP contribution in [-0.2, 0) is 4.74 Å². The Morgan fingerprint density at radius 1 is 0.941 bits per heavy atom. The maximum Gasteiger partial charge on any atom is 2.00 e. The molecule has 88 valence electrons. The summed E-state index contributed by atoms with van der Waals surface area (Å²) in [5.74, 6) is 0. The molecule has 3 rings (SSSR count). The molecule has 0 amide bonds. The van der Waals surface area contributed by atoms with Gasteiger partial charge in [-0.2, -0.15) is 0 Å². The fraction of sp³-hybridized carbons (Fsp3) is 0.286. The third-order valence-corrected chi connectivity index (χ3v) is 3.26. The Kier molecular flexibility index (Phi) is 7.12. The van der Waals surface area contributed by atoms with Crippen LogP contribution in [0, 0.1) is 0 Å². The summed E-state index contributed by atoms with van der Waals surface area (Å²) in [6.07, 6.45) is 2.56. The van der Waals surface area contributed by atoms with Crippen molar-refractivity contribution in [2.75, 3.05) is 13.2 Å². The molecule has 1 aliphatic heterocycles. The van der Waals surface area contributed by atoms with Gasteiger partial charge in [-0.3, -0.25) is 0 Å². The zero-order valence-electron chi connectivity index (χ0n) is 11.9. The number of rotatable bonds is 0. The summed E-state index contributed by atoms with van der Waals surface area (Å²) in [6.45, 7) is 2.00. The van der Waals surface area contributed by atoms with Gasteiger partial charge in [0.15, 0.2) is 0 Å². The molecule has 0 radical (unpaired) electrons. The van der Waals surface area contributed by atoms with Crippen LogP contribution < -0.4 is 0 Å². The summed E-state index contributed by atoms with van der Waals surface area (Å²) in [6, 6.07) is 14.5. The van der Waals surface area contributed by atoms with E-state index in [0.717, 1.165) is 17.7 Å². The Hall–Kier alpha value is -0.0938. The van der Waals surface area contributed by atoms with Gasteiger partial charge in [-0.15, -0.1) is 0 Å². The predicted molar refractivity (Wildman–Crippen MR) is 79.7 cm³/mol. The number of hydrogen-bond acceptors (Lipinski definition) is 1. The van der Waals surface area contributed by atoms with E-state index in [4.69, 9.17) is 4.74 Å². The first-order chi connectivity index (χ1) is 7.88. The summed E-state index contributed by atoms with van der Waals surface area (Å²) >= 11 is 3.50. The minimum absolute atomic E-state index is 0. The predicted octanol–water partition coefficient (Wildman–Crippen LogP) is 4.24. The van der Waals surface area contributed by atoms with Crippen LogP contribution in [0.25, 0.3) is 10.8 Å². The summed E-state index contributed by atoms with van der Waals surface area (Å²) in [4.78, 5) is 0. The molecule has 1 nitrogen and oxygen atoms in total. The van der Waals surface area contributed by atoms with Crippen molar-refractivity contribution in [2.45, 2.75) is 12.8 Å². The Balaban J connectivity index is 0. The van der Waals surface area contributed by atoms with Crippen LogP contribution in [-0.4, -0.2) is 36.3 Å². The van der Waals surface area contributed by atoms with Crippen LogP contribution in [0.4, 0.5) is 0 Å². The van der Waals surface area contributed by atoms with Gasteiger partial charge >= 0.3 is 23.1 Å². The molecule has 0 spiro atoms. The third kappa shape index (κ3) is 4.58. The molecule has 0 atom stereocenters. The third-order valence-electron chi connectivity index (χ3n) is 2.56. The van der Waals surface area contributed by atoms with Gasteiger partial charge in [0.2, 0.25) is 0 Å². The van der Waals surface area contributed by atoms with E-state index in [-0.39, 0.29) is 25.9 Å². The van der Waals surface area contributed by atoms with E-state index in [1.807, 2.05) is 12.1 Å². The van der Waals surface area contributed by atoms with Crippen molar-refractivity contribution in [3.05, 3.63) is 46.9 Å². The fourth-order valence-electron chi connectivity index (χ4n) is 1.70. The minimum Gasteiger partial charge on any atom is -1.00 e. The van der Waals surface area contributed by atoms with Crippen LogP contribution in [0.5, 0.6) is 0 Å². The molecule has 0 bridgehead atoms. The molecule has 17 heavy (non-hydrogen) atoms. The van der Waals surface area contributed by atoms with Gasteiger partial charge in [-0.25, -0.2) is 0 Å². The fourth-order valence-corrected chi connectivity index (χ4v) is 2.21. The van der Waals surface area contributed by atoms with Gasteiger partial charge < -0.3 is 7.59 Å². The Morgan fingerprint density at radius 2 is 1.59 bits per heavy atom. The van der Waals surface area contributed by atoms with Crippen LogP contribution >= 0.6 is 15.9 Å². The number of hydrogen-bond donors (Lipinski definition) is 0. The molecule has 1 aliphatic rings. The molecule has 1 heterocycles. The van der Waals surface area contributed by atoms with E-state index >= 15 is 0 Å². The van der Waals surface area contributed by atoms with Gasteiger partial charge in [0.05, 0.1) is 0 Å². The summed E-state index contributed by atoms with van der Waals surface area (Å²) in [5, 5.41) is 2.55. The van der Waals surface area contributed by atoms with Gasteiger partial charge in [0, 0.05) is 17.7 Å². The molecule has 1 fully saturated rings. The van der Waals surface area contributed by atoms with Crippen LogP contribution in [0.1, 0.15) is 15.7 Å². The van der Waals surface area contributed by atoms with Gasteiger partial charge in [-0.1, -0.05) is 52.3 Å². The molecule has 0 saturated carbocycles. The second kappa shape index (κ2) is 8.09. The van der Waals surface area contributed by atoms with E-state index in [1.54, 1.807) is 0 Å². The van der Waals surface area contributed by atoms with Crippen molar-refractivity contribution >= 4 is 49.8 Å². The molecule has 2 aromatic rings. The van der Waals surface area contributed by atoms with E-state index in [2.05, 4.69) is 46.3 Å². The molecule has 0 aromatic heterocycles. The van der Waals surface area contributed by atoms with E-state index in [0.29, 0.717) is 0 Å². The quantitative estimate of drug-likeness (QED) is 0.661. The second-order valence-corrected chi connectivity index (χ2v) is 4.63. The standard InChI is InChI=1S/C10H7Br.C4H8O.Mg.2H/c11-10-7-3-5-8-4-1-2-6-9(8)10;1-2-4-5-3-1;;;/h1-7H;1-4H2;;;/q;;+2;2*-1. The van der Waals surface area contributed by atoms with Crippen molar-refractivity contribution in [1.82, 2.24) is 0 Å². The van der Waals surface area contributed by atoms with E-state index in [9.17, 15) is 0 Å². The summed E-state index contributed by atoms with van der Waals surface area (Å²) < 4.78 is 6.11. The largest absolute Gasteiger partial charge is 2.00 e. The van der Waals surface area contributed by atoms with Crippen LogP contribution in [0.2, 0.25) is 0 Å². The van der Waals surface area contributed by atoms with Crippen molar-refractivity contribution < 1.29 is 7.59 Å². The van der Waals surface area contributed by atoms with Crippen LogP contribution in [0.3, 0.4) is 0 Å². The maximum atomic E-state index is 4.94. The number of fused-ring (bicyclic) bond motifs is 1. The molecule has 1 saturated heterocycles. The second-order valence-electron chi connectivity index (χ2n) is 3.78. The normalized spacial score (nSPS) is 13.7. The molecule has 3 heteroatoms. The van der Waals surface area contributed by atoms with Crippen molar-refractivity contribution in [1.29, 1.82) is 0 Å². The monoisotopic (exact) mass is 304 g/mol. The first kappa shape index (κ1) is 15.0. The molecule has 2 aromatic carbocycles. The summed E-state index contributed by atoms with van der Waals surface area (Å²) in [5.41, 5.74) is 0. The first-order valence-electron chi connectivity index (χ1n) is 5.59. The molecular weight excluding hydrogens is 288 g/mol. The number of halogens is 1. The van der Waals surface area contributed by atoms with Gasteiger partial charge in [-0.05, 0) is 29.7 Å². The van der Waals surface area contributed by atoms with E-state index in [1.165, 1.54) is 23.6 Å². The van der Waals surface area contributed by atoms with Crippen molar-refractivity contribution in [2.24, 2.45) is 0 Å². The zero-order valence-corrected chi connectivity index (χ0v) is 12.9. The van der Waals surface area contributed by atoms with Crippen LogP contribution in [0.15, 0.2) is 46.9 Å².